The summed E-state index contributed by atoms with van der Waals surface area (Å²) in [5, 5.41) is 4.99. The molecule has 1 saturated heterocycles. The molecule has 0 N–H and O–H groups in total. The van der Waals surface area contributed by atoms with Crippen LogP contribution in [-0.2, 0) is 20.1 Å². The highest BCUT2D eigenvalue weighted by Crippen LogP contribution is 2.24. The lowest BCUT2D eigenvalue weighted by Crippen LogP contribution is -2.42. The minimum absolute atomic E-state index is 0.476. The monoisotopic (exact) mass is 344 g/mol. The van der Waals surface area contributed by atoms with Gasteiger partial charge in [-0.05, 0) is 37.6 Å². The van der Waals surface area contributed by atoms with Crippen molar-refractivity contribution in [3.05, 3.63) is 41.7 Å². The molecule has 6 nitrogen and oxygen atoms in total. The Balaban J connectivity index is 1.57. The summed E-state index contributed by atoms with van der Waals surface area (Å²) in [6.45, 7) is 2.83. The first-order chi connectivity index (χ1) is 11.7. The summed E-state index contributed by atoms with van der Waals surface area (Å²) < 4.78 is 4.10. The Kier molecular flexibility index (Phi) is 4.24. The molecule has 0 radical (unpaired) electrons. The summed E-state index contributed by atoms with van der Waals surface area (Å²) >= 11 is 6.10. The average Bonchev–Trinajstić information content (AvgIpc) is 3.18. The summed E-state index contributed by atoms with van der Waals surface area (Å²) in [7, 11) is 2.08. The molecule has 126 valence electrons. The number of piperidine rings is 1. The highest BCUT2D eigenvalue weighted by atomic mass is 35.5. The van der Waals surface area contributed by atoms with Gasteiger partial charge in [-0.2, -0.15) is 5.10 Å². The molecule has 4 rings (SSSR count). The van der Waals surface area contributed by atoms with Gasteiger partial charge in [0.1, 0.15) is 18.5 Å². The summed E-state index contributed by atoms with van der Waals surface area (Å²) in [5.74, 6) is 1.08. The highest BCUT2D eigenvalue weighted by molar-refractivity contribution is 6.31. The van der Waals surface area contributed by atoms with E-state index in [1.54, 1.807) is 12.7 Å². The number of benzene rings is 1. The molecule has 1 atom stereocenters. The van der Waals surface area contributed by atoms with E-state index in [9.17, 15) is 0 Å². The van der Waals surface area contributed by atoms with Gasteiger partial charge in [0.25, 0.3) is 0 Å². The van der Waals surface area contributed by atoms with Crippen molar-refractivity contribution in [3.8, 4) is 0 Å². The van der Waals surface area contributed by atoms with Crippen LogP contribution in [0, 0.1) is 0 Å². The Morgan fingerprint density at radius 1 is 1.29 bits per heavy atom. The summed E-state index contributed by atoms with van der Waals surface area (Å²) in [5.41, 5.74) is 2.09. The predicted octanol–water partition coefficient (Wildman–Crippen LogP) is 2.87. The molecule has 3 aromatic rings. The standard InChI is InChI=1S/C17H21ClN6/c1-22-16-6-5-13(18)8-15(16)21-17(22)10-23-7-3-2-4-14(23)9-24-12-19-11-20-24/h5-6,8,11-12,14H,2-4,7,9-10H2,1H3/t14-/m0/s1. The molecule has 0 spiro atoms. The molecule has 7 heteroatoms. The van der Waals surface area contributed by atoms with Gasteiger partial charge in [0.05, 0.1) is 24.1 Å². The van der Waals surface area contributed by atoms with Gasteiger partial charge in [-0.15, -0.1) is 0 Å². The van der Waals surface area contributed by atoms with Crippen molar-refractivity contribution in [2.24, 2.45) is 7.05 Å². The minimum Gasteiger partial charge on any atom is -0.330 e. The van der Waals surface area contributed by atoms with Crippen molar-refractivity contribution in [2.75, 3.05) is 6.54 Å². The van der Waals surface area contributed by atoms with Gasteiger partial charge in [-0.3, -0.25) is 9.58 Å². The fourth-order valence-electron chi connectivity index (χ4n) is 3.56. The Labute approximate surface area is 146 Å². The van der Waals surface area contributed by atoms with E-state index in [0.29, 0.717) is 6.04 Å². The number of imidazole rings is 1. The van der Waals surface area contributed by atoms with Crippen molar-refractivity contribution in [3.63, 3.8) is 0 Å². The maximum Gasteiger partial charge on any atom is 0.137 e. The third-order valence-corrected chi connectivity index (χ3v) is 5.13. The number of likely N-dealkylation sites (tertiary alicyclic amines) is 1. The van der Waals surface area contributed by atoms with Crippen LogP contribution in [0.2, 0.25) is 5.02 Å². The molecule has 0 aliphatic carbocycles. The molecule has 2 aromatic heterocycles. The molecular weight excluding hydrogens is 324 g/mol. The molecule has 0 amide bonds. The van der Waals surface area contributed by atoms with E-state index in [2.05, 4.69) is 26.6 Å². The second-order valence-corrected chi connectivity index (χ2v) is 6.89. The van der Waals surface area contributed by atoms with Crippen molar-refractivity contribution < 1.29 is 0 Å². The fraction of sp³-hybridized carbons (Fsp3) is 0.471. The lowest BCUT2D eigenvalue weighted by Gasteiger charge is -2.35. The highest BCUT2D eigenvalue weighted by Gasteiger charge is 2.24. The van der Waals surface area contributed by atoms with E-state index in [1.165, 1.54) is 19.3 Å². The zero-order valence-corrected chi connectivity index (χ0v) is 14.5. The van der Waals surface area contributed by atoms with Gasteiger partial charge in [-0.25, -0.2) is 9.97 Å². The van der Waals surface area contributed by atoms with Crippen LogP contribution in [0.5, 0.6) is 0 Å². The maximum atomic E-state index is 6.10. The quantitative estimate of drug-likeness (QED) is 0.730. The number of aromatic nitrogens is 5. The van der Waals surface area contributed by atoms with Gasteiger partial charge < -0.3 is 4.57 Å². The first-order valence-electron chi connectivity index (χ1n) is 8.38. The van der Waals surface area contributed by atoms with Crippen LogP contribution in [-0.4, -0.2) is 41.8 Å². The number of aryl methyl sites for hydroxylation is 1. The van der Waals surface area contributed by atoms with Crippen LogP contribution in [0.25, 0.3) is 11.0 Å². The Bertz CT molecular complexity index is 825. The van der Waals surface area contributed by atoms with Crippen LogP contribution < -0.4 is 0 Å². The largest absolute Gasteiger partial charge is 0.330 e. The van der Waals surface area contributed by atoms with Gasteiger partial charge in [0, 0.05) is 18.1 Å². The van der Waals surface area contributed by atoms with Crippen molar-refractivity contribution in [1.29, 1.82) is 0 Å². The van der Waals surface area contributed by atoms with E-state index in [4.69, 9.17) is 16.6 Å². The van der Waals surface area contributed by atoms with E-state index in [1.807, 2.05) is 22.9 Å². The van der Waals surface area contributed by atoms with Gasteiger partial charge in [0.15, 0.2) is 0 Å². The Morgan fingerprint density at radius 2 is 2.21 bits per heavy atom. The Morgan fingerprint density at radius 3 is 3.04 bits per heavy atom. The molecule has 1 fully saturated rings. The average molecular weight is 345 g/mol. The lowest BCUT2D eigenvalue weighted by molar-refractivity contribution is 0.118. The minimum atomic E-state index is 0.476. The molecule has 1 aromatic carbocycles. The van der Waals surface area contributed by atoms with Crippen LogP contribution in [0.3, 0.4) is 0 Å². The van der Waals surface area contributed by atoms with E-state index < -0.39 is 0 Å². The molecule has 0 unspecified atom stereocenters. The maximum absolute atomic E-state index is 6.10. The second-order valence-electron chi connectivity index (χ2n) is 6.46. The number of hydrogen-bond donors (Lipinski definition) is 0. The number of fused-ring (bicyclic) bond motifs is 1. The van der Waals surface area contributed by atoms with Crippen LogP contribution in [0.15, 0.2) is 30.9 Å². The molecule has 1 aliphatic heterocycles. The molecule has 0 saturated carbocycles. The van der Waals surface area contributed by atoms with Gasteiger partial charge in [-0.1, -0.05) is 18.0 Å². The molecule has 24 heavy (non-hydrogen) atoms. The second kappa shape index (κ2) is 6.53. The van der Waals surface area contributed by atoms with Crippen LogP contribution in [0.4, 0.5) is 0 Å². The summed E-state index contributed by atoms with van der Waals surface area (Å²) in [6, 6.07) is 6.37. The smallest absolute Gasteiger partial charge is 0.137 e. The topological polar surface area (TPSA) is 51.8 Å². The third kappa shape index (κ3) is 3.03. The van der Waals surface area contributed by atoms with E-state index in [-0.39, 0.29) is 0 Å². The third-order valence-electron chi connectivity index (χ3n) is 4.89. The summed E-state index contributed by atoms with van der Waals surface area (Å²) in [6.07, 6.45) is 7.10. The van der Waals surface area contributed by atoms with Gasteiger partial charge >= 0.3 is 0 Å². The molecule has 3 heterocycles. The zero-order chi connectivity index (χ0) is 16.5. The summed E-state index contributed by atoms with van der Waals surface area (Å²) in [4.78, 5) is 11.4. The number of hydrogen-bond acceptors (Lipinski definition) is 4. The SMILES string of the molecule is Cn1c(CN2CCCC[C@H]2Cn2cncn2)nc2cc(Cl)ccc21. The zero-order valence-electron chi connectivity index (χ0n) is 13.8. The van der Waals surface area contributed by atoms with Crippen molar-refractivity contribution in [2.45, 2.75) is 38.4 Å². The number of nitrogens with zero attached hydrogens (tertiary/aromatic N) is 6. The number of halogens is 1. The molecule has 1 aliphatic rings. The predicted molar refractivity (Wildman–Crippen MR) is 93.8 cm³/mol. The van der Waals surface area contributed by atoms with Crippen molar-refractivity contribution in [1.82, 2.24) is 29.2 Å². The molecular formula is C17H21ClN6. The van der Waals surface area contributed by atoms with E-state index >= 15 is 0 Å². The Hall–Kier alpha value is -1.92. The van der Waals surface area contributed by atoms with E-state index in [0.717, 1.165) is 41.5 Å². The first-order valence-corrected chi connectivity index (χ1v) is 8.76. The lowest BCUT2D eigenvalue weighted by atomic mass is 10.0. The fourth-order valence-corrected chi connectivity index (χ4v) is 3.73. The number of rotatable bonds is 4. The normalized spacial score (nSPS) is 19.2. The van der Waals surface area contributed by atoms with Crippen LogP contribution in [0.1, 0.15) is 25.1 Å². The van der Waals surface area contributed by atoms with Crippen LogP contribution >= 0.6 is 11.6 Å². The first kappa shape index (κ1) is 15.6. The molecule has 0 bridgehead atoms. The van der Waals surface area contributed by atoms with Crippen molar-refractivity contribution >= 4 is 22.6 Å². The van der Waals surface area contributed by atoms with Gasteiger partial charge in [0.2, 0.25) is 0 Å².